The molecule has 122 valence electrons. The van der Waals surface area contributed by atoms with Crippen LogP contribution < -0.4 is 4.90 Å². The number of cyclic esters (lactones) is 1. The molecule has 23 heavy (non-hydrogen) atoms. The number of ether oxygens (including phenoxy) is 1. The number of non-ortho nitro benzene ring substituents is 1. The number of β-amino-alcohol motifs (C(OH)–C–C–N with tert-alkyl or cyclic N) is 1. The summed E-state index contributed by atoms with van der Waals surface area (Å²) in [6.07, 6.45) is -1.00. The molecule has 2 fully saturated rings. The Labute approximate surface area is 129 Å². The topological polar surface area (TPSA) is 136 Å². The normalized spacial score (nSPS) is 26.6. The number of benzene rings is 1. The first kappa shape index (κ1) is 15.2. The second-order valence-corrected chi connectivity index (χ2v) is 5.58. The second kappa shape index (κ2) is 5.47. The average molecular weight is 323 g/mol. The predicted molar refractivity (Wildman–Crippen MR) is 75.9 cm³/mol. The highest BCUT2D eigenvalue weighted by atomic mass is 16.6. The van der Waals surface area contributed by atoms with Crippen LogP contribution >= 0.6 is 0 Å². The highest BCUT2D eigenvalue weighted by Gasteiger charge is 2.47. The molecule has 0 spiro atoms. The zero-order valence-electron chi connectivity index (χ0n) is 11.8. The van der Waals surface area contributed by atoms with Crippen LogP contribution in [-0.4, -0.2) is 46.7 Å². The lowest BCUT2D eigenvalue weighted by atomic mass is 9.85. The van der Waals surface area contributed by atoms with Crippen molar-refractivity contribution in [1.82, 2.24) is 0 Å². The molecule has 3 atom stereocenters. The number of esters is 1. The van der Waals surface area contributed by atoms with Gasteiger partial charge >= 0.3 is 5.97 Å². The predicted octanol–water partition coefficient (Wildman–Crippen LogP) is 0.473. The van der Waals surface area contributed by atoms with E-state index in [-0.39, 0.29) is 30.4 Å². The minimum Gasteiger partial charge on any atom is -0.465 e. The molecule has 0 bridgehead atoms. The van der Waals surface area contributed by atoms with Crippen molar-refractivity contribution in [2.45, 2.75) is 6.10 Å². The van der Waals surface area contributed by atoms with Crippen molar-refractivity contribution < 1.29 is 24.5 Å². The van der Waals surface area contributed by atoms with Gasteiger partial charge in [0.15, 0.2) is 0 Å². The summed E-state index contributed by atoms with van der Waals surface area (Å²) in [5.41, 5.74) is -0.609. The molecule has 2 heterocycles. The molecular weight excluding hydrogens is 310 g/mol. The van der Waals surface area contributed by atoms with Crippen LogP contribution in [-0.2, 0) is 9.53 Å². The smallest absolute Gasteiger partial charge is 0.312 e. The number of nitrogens with zero attached hydrogens (tertiary/aromatic N) is 3. The number of fused-ring (bicyclic) bond motifs is 1. The summed E-state index contributed by atoms with van der Waals surface area (Å²) in [7, 11) is 0. The van der Waals surface area contributed by atoms with Crippen LogP contribution in [0, 0.1) is 32.1 Å². The SMILES string of the molecule is O=C1OC[C@@H]2CN(c3ccc([N+](=O)[O-])cc3[N+](=O)[O-])C[C@H](O)[C@@H]12. The first-order valence-corrected chi connectivity index (χ1v) is 6.91. The molecule has 0 unspecified atom stereocenters. The summed E-state index contributed by atoms with van der Waals surface area (Å²) < 4.78 is 4.93. The largest absolute Gasteiger partial charge is 0.465 e. The van der Waals surface area contributed by atoms with Crippen LogP contribution in [0.15, 0.2) is 18.2 Å². The van der Waals surface area contributed by atoms with Crippen molar-refractivity contribution in [2.24, 2.45) is 11.8 Å². The zero-order valence-corrected chi connectivity index (χ0v) is 11.8. The Balaban J connectivity index is 1.94. The number of hydrogen-bond acceptors (Lipinski definition) is 8. The molecule has 3 rings (SSSR count). The molecular formula is C13H13N3O7. The first-order chi connectivity index (χ1) is 10.9. The van der Waals surface area contributed by atoms with Crippen molar-refractivity contribution in [3.8, 4) is 0 Å². The van der Waals surface area contributed by atoms with E-state index in [0.717, 1.165) is 6.07 Å². The number of carbonyl (C=O) groups excluding carboxylic acids is 1. The van der Waals surface area contributed by atoms with Gasteiger partial charge in [-0.1, -0.05) is 0 Å². The van der Waals surface area contributed by atoms with E-state index in [4.69, 9.17) is 4.74 Å². The summed E-state index contributed by atoms with van der Waals surface area (Å²) in [4.78, 5) is 33.7. The fourth-order valence-electron chi connectivity index (χ4n) is 3.15. The highest BCUT2D eigenvalue weighted by molar-refractivity contribution is 5.76. The van der Waals surface area contributed by atoms with E-state index in [0.29, 0.717) is 6.54 Å². The number of rotatable bonds is 3. The standard InChI is InChI=1S/C13H13N3O7/c17-11-5-14(4-7-6-23-13(18)12(7)11)9-2-1-8(15(19)20)3-10(9)16(21)22/h1-3,7,11-12,17H,4-6H2/t7-,11-,12-/m0/s1. The molecule has 1 aromatic carbocycles. The third-order valence-corrected chi connectivity index (χ3v) is 4.20. The number of carbonyl (C=O) groups is 1. The molecule has 10 heteroatoms. The maximum atomic E-state index is 11.6. The van der Waals surface area contributed by atoms with Gasteiger partial charge in [0.1, 0.15) is 5.69 Å². The van der Waals surface area contributed by atoms with Gasteiger partial charge in [0, 0.05) is 25.1 Å². The minimum absolute atomic E-state index is 0.0227. The van der Waals surface area contributed by atoms with E-state index in [2.05, 4.69) is 0 Å². The summed E-state index contributed by atoms with van der Waals surface area (Å²) in [5.74, 6) is -1.34. The lowest BCUT2D eigenvalue weighted by molar-refractivity contribution is -0.393. The number of nitro benzene ring substituents is 2. The summed E-state index contributed by atoms with van der Waals surface area (Å²) >= 11 is 0. The molecule has 0 saturated carbocycles. The maximum Gasteiger partial charge on any atom is 0.312 e. The zero-order chi connectivity index (χ0) is 16.7. The molecule has 1 aromatic rings. The van der Waals surface area contributed by atoms with Gasteiger partial charge in [-0.15, -0.1) is 0 Å². The molecule has 0 aliphatic carbocycles. The molecule has 10 nitrogen and oxygen atoms in total. The van der Waals surface area contributed by atoms with Crippen LogP contribution in [0.5, 0.6) is 0 Å². The van der Waals surface area contributed by atoms with E-state index in [1.807, 2.05) is 0 Å². The molecule has 2 saturated heterocycles. The van der Waals surface area contributed by atoms with E-state index >= 15 is 0 Å². The minimum atomic E-state index is -1.00. The second-order valence-electron chi connectivity index (χ2n) is 5.58. The lowest BCUT2D eigenvalue weighted by Crippen LogP contribution is -2.50. The Morgan fingerprint density at radius 3 is 2.61 bits per heavy atom. The van der Waals surface area contributed by atoms with Crippen LogP contribution in [0.3, 0.4) is 0 Å². The molecule has 1 N–H and O–H groups in total. The Morgan fingerprint density at radius 1 is 1.22 bits per heavy atom. The Kier molecular flexibility index (Phi) is 3.60. The molecule has 0 aromatic heterocycles. The van der Waals surface area contributed by atoms with Crippen molar-refractivity contribution in [3.63, 3.8) is 0 Å². The molecule has 0 amide bonds. The van der Waals surface area contributed by atoms with E-state index in [1.54, 1.807) is 4.90 Å². The lowest BCUT2D eigenvalue weighted by Gasteiger charge is -2.37. The number of hydrogen-bond donors (Lipinski definition) is 1. The van der Waals surface area contributed by atoms with Crippen LogP contribution in [0.25, 0.3) is 0 Å². The maximum absolute atomic E-state index is 11.6. The third-order valence-electron chi connectivity index (χ3n) is 4.20. The molecule has 2 aliphatic heterocycles. The van der Waals surface area contributed by atoms with Gasteiger partial charge < -0.3 is 14.7 Å². The van der Waals surface area contributed by atoms with Crippen LogP contribution in [0.4, 0.5) is 17.1 Å². The van der Waals surface area contributed by atoms with Gasteiger partial charge in [-0.25, -0.2) is 0 Å². The number of piperidine rings is 1. The van der Waals surface area contributed by atoms with Gasteiger partial charge in [-0.2, -0.15) is 0 Å². The summed E-state index contributed by atoms with van der Waals surface area (Å²) in [6.45, 7) is 0.471. The van der Waals surface area contributed by atoms with Crippen molar-refractivity contribution >= 4 is 23.0 Å². The quantitative estimate of drug-likeness (QED) is 0.481. The monoisotopic (exact) mass is 323 g/mol. The Bertz CT molecular complexity index is 692. The van der Waals surface area contributed by atoms with Gasteiger partial charge in [0.2, 0.25) is 0 Å². The summed E-state index contributed by atoms with van der Waals surface area (Å²) in [5, 5.41) is 32.1. The van der Waals surface area contributed by atoms with E-state index < -0.39 is 33.5 Å². The summed E-state index contributed by atoms with van der Waals surface area (Å²) in [6, 6.07) is 3.36. The van der Waals surface area contributed by atoms with Crippen molar-refractivity contribution in [2.75, 3.05) is 24.6 Å². The third kappa shape index (κ3) is 2.57. The van der Waals surface area contributed by atoms with Gasteiger partial charge in [0.05, 0.1) is 34.5 Å². The first-order valence-electron chi connectivity index (χ1n) is 6.91. The van der Waals surface area contributed by atoms with E-state index in [1.165, 1.54) is 12.1 Å². The number of anilines is 1. The van der Waals surface area contributed by atoms with Gasteiger partial charge in [-0.3, -0.25) is 25.0 Å². The van der Waals surface area contributed by atoms with Crippen LogP contribution in [0.1, 0.15) is 0 Å². The van der Waals surface area contributed by atoms with Gasteiger partial charge in [-0.05, 0) is 6.07 Å². The van der Waals surface area contributed by atoms with Gasteiger partial charge in [0.25, 0.3) is 11.4 Å². The van der Waals surface area contributed by atoms with Crippen LogP contribution in [0.2, 0.25) is 0 Å². The molecule has 2 aliphatic rings. The van der Waals surface area contributed by atoms with Crippen molar-refractivity contribution in [1.29, 1.82) is 0 Å². The number of aliphatic hydroxyl groups is 1. The number of nitro groups is 2. The van der Waals surface area contributed by atoms with Crippen molar-refractivity contribution in [3.05, 3.63) is 38.4 Å². The fraction of sp³-hybridized carbons (Fsp3) is 0.462. The fourth-order valence-corrected chi connectivity index (χ4v) is 3.15. The highest BCUT2D eigenvalue weighted by Crippen LogP contribution is 2.38. The number of aliphatic hydroxyl groups excluding tert-OH is 1. The van der Waals surface area contributed by atoms with E-state index in [9.17, 15) is 30.1 Å². The average Bonchev–Trinajstić information content (AvgIpc) is 2.88. The Morgan fingerprint density at radius 2 is 1.96 bits per heavy atom. The molecule has 0 radical (unpaired) electrons. The Hall–Kier alpha value is -2.75.